The molecule has 2 rings (SSSR count). The highest BCUT2D eigenvalue weighted by molar-refractivity contribution is 5.70. The molecule has 2 saturated heterocycles. The Balaban J connectivity index is 1.91. The van der Waals surface area contributed by atoms with Crippen LogP contribution in [0.4, 0.5) is 0 Å². The molecule has 5 unspecified atom stereocenters. The molecule has 0 aliphatic carbocycles. The minimum atomic E-state index is -1.77. The third-order valence-electron chi connectivity index (χ3n) is 10.4. The summed E-state index contributed by atoms with van der Waals surface area (Å²) in [5, 5.41) is 71.7. The molecule has 11 atom stereocenters. The molecule has 2 aliphatic rings. The van der Waals surface area contributed by atoms with E-state index in [0.29, 0.717) is 12.8 Å². The smallest absolute Gasteiger partial charge is 0.306 e. The standard InChI is InChI=1S/C44H76O15/c1-3-5-7-9-11-13-15-16-17-19-21-23-25-27-36(47)57-32(29-54-35(46)26-24-22-20-18-14-12-10-8-6-4-2)30-55-43-42(53)40(51)38(49)34(59-43)31-56-44-41(52)39(50)37(48)33(28-45)58-44/h10,12,16-17,21,23,32-34,37-45,48-53H,3-9,11,13-15,18-20,22,24-31H2,1-2H3/b12-10+,17-16+,23-21+/t32?,33-,34-,37+,38+,39?,40?,41?,42?,43-,44-/m1/s1. The number of carbonyl (C=O) groups is 2. The Morgan fingerprint density at radius 2 is 1.07 bits per heavy atom. The van der Waals surface area contributed by atoms with Gasteiger partial charge in [-0.2, -0.15) is 0 Å². The Morgan fingerprint density at radius 3 is 1.71 bits per heavy atom. The summed E-state index contributed by atoms with van der Waals surface area (Å²) in [5.74, 6) is -1.02. The second-order valence-electron chi connectivity index (χ2n) is 15.5. The lowest BCUT2D eigenvalue weighted by atomic mass is 9.98. The fourth-order valence-electron chi connectivity index (χ4n) is 6.60. The van der Waals surface area contributed by atoms with Gasteiger partial charge in [0.1, 0.15) is 55.4 Å². The van der Waals surface area contributed by atoms with Crippen molar-refractivity contribution in [2.75, 3.05) is 26.4 Å². The number of rotatable bonds is 32. The fourth-order valence-corrected chi connectivity index (χ4v) is 6.60. The second-order valence-corrected chi connectivity index (χ2v) is 15.5. The molecule has 15 nitrogen and oxygen atoms in total. The third kappa shape index (κ3) is 21.9. The molecule has 0 bridgehead atoms. The maximum Gasteiger partial charge on any atom is 0.306 e. The lowest BCUT2D eigenvalue weighted by Crippen LogP contribution is -2.61. The minimum Gasteiger partial charge on any atom is -0.462 e. The molecule has 15 heteroatoms. The van der Waals surface area contributed by atoms with Crippen molar-refractivity contribution in [1.29, 1.82) is 0 Å². The number of ether oxygens (including phenoxy) is 6. The highest BCUT2D eigenvalue weighted by atomic mass is 16.7. The maximum atomic E-state index is 12.9. The largest absolute Gasteiger partial charge is 0.462 e. The van der Waals surface area contributed by atoms with Crippen LogP contribution in [0.5, 0.6) is 0 Å². The predicted molar refractivity (Wildman–Crippen MR) is 220 cm³/mol. The van der Waals surface area contributed by atoms with Gasteiger partial charge < -0.3 is 64.2 Å². The summed E-state index contributed by atoms with van der Waals surface area (Å²) in [4.78, 5) is 25.5. The van der Waals surface area contributed by atoms with Crippen LogP contribution < -0.4 is 0 Å². The van der Waals surface area contributed by atoms with Gasteiger partial charge in [0.05, 0.1) is 19.8 Å². The van der Waals surface area contributed by atoms with E-state index in [1.807, 2.05) is 12.2 Å². The van der Waals surface area contributed by atoms with Gasteiger partial charge in [0.25, 0.3) is 0 Å². The molecule has 2 aliphatic heterocycles. The van der Waals surface area contributed by atoms with E-state index in [0.717, 1.165) is 44.9 Å². The summed E-state index contributed by atoms with van der Waals surface area (Å²) in [6, 6.07) is 0. The first kappa shape index (κ1) is 52.9. The van der Waals surface area contributed by atoms with Gasteiger partial charge in [0, 0.05) is 12.8 Å². The monoisotopic (exact) mass is 845 g/mol. The topological polar surface area (TPSA) is 231 Å². The molecule has 0 saturated carbocycles. The van der Waals surface area contributed by atoms with Crippen LogP contribution in [0, 0.1) is 0 Å². The number of aliphatic hydroxyl groups is 7. The number of allylic oxidation sites excluding steroid dienone is 6. The number of hydrogen-bond acceptors (Lipinski definition) is 15. The van der Waals surface area contributed by atoms with Crippen LogP contribution in [0.25, 0.3) is 0 Å². The van der Waals surface area contributed by atoms with Crippen molar-refractivity contribution in [3.05, 3.63) is 36.5 Å². The first-order chi connectivity index (χ1) is 28.5. The quantitative estimate of drug-likeness (QED) is 0.0286. The number of hydrogen-bond donors (Lipinski definition) is 7. The zero-order chi connectivity index (χ0) is 43.3. The lowest BCUT2D eigenvalue weighted by molar-refractivity contribution is -0.332. The molecule has 0 spiro atoms. The van der Waals surface area contributed by atoms with Gasteiger partial charge in [-0.15, -0.1) is 0 Å². The van der Waals surface area contributed by atoms with Crippen molar-refractivity contribution in [3.8, 4) is 0 Å². The van der Waals surface area contributed by atoms with Gasteiger partial charge in [-0.05, 0) is 51.4 Å². The van der Waals surface area contributed by atoms with Crippen LogP contribution in [-0.4, -0.2) is 142 Å². The SMILES string of the molecule is CCCC/C=C/CCCCCCC(=O)OCC(CO[C@@H]1O[C@H](CO[C@@H]2O[C@H](CO)[C@H](O)C(O)C2O)[C@H](O)C(O)C1O)OC(=O)CC/C=C/C/C=C/CCCCCCCC. The first-order valence-corrected chi connectivity index (χ1v) is 22.1. The molecule has 0 aromatic heterocycles. The molecule has 342 valence electrons. The van der Waals surface area contributed by atoms with Crippen molar-refractivity contribution >= 4 is 11.9 Å². The summed E-state index contributed by atoms with van der Waals surface area (Å²) in [6.07, 6.45) is 13.6. The van der Waals surface area contributed by atoms with E-state index >= 15 is 0 Å². The Hall–Kier alpha value is -2.28. The molecule has 59 heavy (non-hydrogen) atoms. The molecule has 0 amide bonds. The summed E-state index contributed by atoms with van der Waals surface area (Å²) >= 11 is 0. The lowest BCUT2D eigenvalue weighted by Gasteiger charge is -2.42. The predicted octanol–water partition coefficient (Wildman–Crippen LogP) is 4.20. The Kier molecular flexibility index (Phi) is 29.1. The van der Waals surface area contributed by atoms with Crippen LogP contribution in [-0.2, 0) is 38.0 Å². The first-order valence-electron chi connectivity index (χ1n) is 22.1. The van der Waals surface area contributed by atoms with Gasteiger partial charge in [0.15, 0.2) is 18.7 Å². The maximum absolute atomic E-state index is 12.9. The summed E-state index contributed by atoms with van der Waals surface area (Å²) < 4.78 is 33.3. The minimum absolute atomic E-state index is 0.0566. The molecule has 7 N–H and O–H groups in total. The van der Waals surface area contributed by atoms with Gasteiger partial charge in [-0.3, -0.25) is 9.59 Å². The van der Waals surface area contributed by atoms with E-state index in [4.69, 9.17) is 28.4 Å². The van der Waals surface area contributed by atoms with Crippen LogP contribution >= 0.6 is 0 Å². The molecular weight excluding hydrogens is 768 g/mol. The van der Waals surface area contributed by atoms with Crippen LogP contribution in [0.2, 0.25) is 0 Å². The Morgan fingerprint density at radius 1 is 0.542 bits per heavy atom. The van der Waals surface area contributed by atoms with Crippen molar-refractivity contribution in [1.82, 2.24) is 0 Å². The van der Waals surface area contributed by atoms with Crippen LogP contribution in [0.15, 0.2) is 36.5 Å². The normalized spacial score (nSPS) is 28.2. The van der Waals surface area contributed by atoms with E-state index in [1.54, 1.807) is 0 Å². The van der Waals surface area contributed by atoms with Gasteiger partial charge in [0.2, 0.25) is 0 Å². The highest BCUT2D eigenvalue weighted by Crippen LogP contribution is 2.26. The summed E-state index contributed by atoms with van der Waals surface area (Å²) in [6.45, 7) is 2.42. The molecule has 0 aromatic carbocycles. The molecule has 2 heterocycles. The number of esters is 2. The van der Waals surface area contributed by atoms with E-state index in [1.165, 1.54) is 51.4 Å². The Labute approximate surface area is 351 Å². The van der Waals surface area contributed by atoms with Crippen LogP contribution in [0.1, 0.15) is 136 Å². The Bertz CT molecular complexity index is 1180. The van der Waals surface area contributed by atoms with Crippen LogP contribution in [0.3, 0.4) is 0 Å². The van der Waals surface area contributed by atoms with E-state index in [2.05, 4.69) is 38.2 Å². The third-order valence-corrected chi connectivity index (χ3v) is 10.4. The second kappa shape index (κ2) is 32.4. The van der Waals surface area contributed by atoms with Crippen molar-refractivity contribution < 1.29 is 73.8 Å². The molecule has 2 fully saturated rings. The van der Waals surface area contributed by atoms with E-state index in [9.17, 15) is 45.3 Å². The number of aliphatic hydroxyl groups excluding tert-OH is 7. The summed E-state index contributed by atoms with van der Waals surface area (Å²) in [5.41, 5.74) is 0. The number of carbonyl (C=O) groups excluding carboxylic acids is 2. The fraction of sp³-hybridized carbons (Fsp3) is 0.818. The van der Waals surface area contributed by atoms with Gasteiger partial charge >= 0.3 is 11.9 Å². The highest BCUT2D eigenvalue weighted by Gasteiger charge is 2.47. The zero-order valence-electron chi connectivity index (χ0n) is 35.5. The van der Waals surface area contributed by atoms with Crippen molar-refractivity contribution in [2.24, 2.45) is 0 Å². The zero-order valence-corrected chi connectivity index (χ0v) is 35.5. The average Bonchev–Trinajstić information content (AvgIpc) is 3.23. The molecule has 0 aromatic rings. The average molecular weight is 845 g/mol. The number of unbranched alkanes of at least 4 members (excludes halogenated alkanes) is 12. The van der Waals surface area contributed by atoms with Gasteiger partial charge in [-0.25, -0.2) is 0 Å². The molecular formula is C44H76O15. The summed E-state index contributed by atoms with van der Waals surface area (Å²) in [7, 11) is 0. The van der Waals surface area contributed by atoms with Gasteiger partial charge in [-0.1, -0.05) is 108 Å². The van der Waals surface area contributed by atoms with Crippen molar-refractivity contribution in [3.63, 3.8) is 0 Å². The van der Waals surface area contributed by atoms with E-state index in [-0.39, 0.29) is 19.4 Å². The molecule has 0 radical (unpaired) electrons. The van der Waals surface area contributed by atoms with E-state index < -0.39 is 99.3 Å². The van der Waals surface area contributed by atoms with Crippen molar-refractivity contribution in [2.45, 2.75) is 203 Å².